The third-order valence-corrected chi connectivity index (χ3v) is 4.59. The van der Waals surface area contributed by atoms with Crippen molar-refractivity contribution >= 4 is 10.0 Å². The van der Waals surface area contributed by atoms with Crippen LogP contribution in [0.5, 0.6) is 0 Å². The maximum Gasteiger partial charge on any atom is 0.417 e. The average Bonchev–Trinajstić information content (AvgIpc) is 2.29. The van der Waals surface area contributed by atoms with Gasteiger partial charge in [0, 0.05) is 32.9 Å². The topological polar surface area (TPSA) is 59.4 Å². The minimum absolute atomic E-state index is 0.0573. The van der Waals surface area contributed by atoms with E-state index in [2.05, 4.69) is 0 Å². The quantitative estimate of drug-likeness (QED) is 0.819. The van der Waals surface area contributed by atoms with Crippen molar-refractivity contribution < 1.29 is 21.6 Å². The lowest BCUT2D eigenvalue weighted by molar-refractivity contribution is -0.138. The van der Waals surface area contributed by atoms with Crippen molar-refractivity contribution in [2.24, 2.45) is 0 Å². The minimum atomic E-state index is -4.54. The van der Waals surface area contributed by atoms with Crippen LogP contribution in [0, 0.1) is 0 Å². The van der Waals surface area contributed by atoms with Gasteiger partial charge < -0.3 is 4.57 Å². The van der Waals surface area contributed by atoms with Crippen LogP contribution >= 0.6 is 0 Å². The van der Waals surface area contributed by atoms with Gasteiger partial charge in [0.1, 0.15) is 0 Å². The first kappa shape index (κ1) is 16.7. The summed E-state index contributed by atoms with van der Waals surface area (Å²) in [6.45, 7) is -0.0875. The second kappa shape index (κ2) is 5.96. The summed E-state index contributed by atoms with van der Waals surface area (Å²) >= 11 is 0. The van der Waals surface area contributed by atoms with E-state index >= 15 is 0 Å². The van der Waals surface area contributed by atoms with E-state index in [1.165, 1.54) is 14.1 Å². The molecule has 0 fully saturated rings. The van der Waals surface area contributed by atoms with Crippen LogP contribution in [0.4, 0.5) is 13.2 Å². The first-order chi connectivity index (χ1) is 9.04. The number of aryl methyl sites for hydroxylation is 1. The van der Waals surface area contributed by atoms with Crippen molar-refractivity contribution in [1.29, 1.82) is 0 Å². The Labute approximate surface area is 114 Å². The van der Waals surface area contributed by atoms with E-state index in [1.54, 1.807) is 0 Å². The smallest absolute Gasteiger partial charge is 0.315 e. The number of alkyl halides is 3. The molecule has 0 aromatic carbocycles. The molecule has 0 radical (unpaired) electrons. The molecule has 0 bridgehead atoms. The van der Waals surface area contributed by atoms with E-state index in [-0.39, 0.29) is 18.7 Å². The Kier molecular flexibility index (Phi) is 4.98. The number of hydrogen-bond donors (Lipinski definition) is 0. The molecule has 1 heterocycles. The fraction of sp³-hybridized carbons (Fsp3) is 0.545. The molecule has 0 atom stereocenters. The van der Waals surface area contributed by atoms with Crippen molar-refractivity contribution in [2.75, 3.05) is 19.8 Å². The zero-order valence-corrected chi connectivity index (χ0v) is 11.8. The maximum absolute atomic E-state index is 12.5. The van der Waals surface area contributed by atoms with E-state index < -0.39 is 27.3 Å². The molecule has 1 aromatic rings. The normalized spacial score (nSPS) is 12.9. The zero-order chi connectivity index (χ0) is 15.6. The van der Waals surface area contributed by atoms with Gasteiger partial charge in [-0.25, -0.2) is 12.7 Å². The Morgan fingerprint density at radius 1 is 1.25 bits per heavy atom. The number of rotatable bonds is 5. The van der Waals surface area contributed by atoms with Gasteiger partial charge in [-0.15, -0.1) is 0 Å². The molecule has 0 aliphatic heterocycles. The van der Waals surface area contributed by atoms with Gasteiger partial charge in [-0.2, -0.15) is 13.2 Å². The van der Waals surface area contributed by atoms with Gasteiger partial charge in [0.05, 0.1) is 11.3 Å². The summed E-state index contributed by atoms with van der Waals surface area (Å²) in [4.78, 5) is 11.4. The molecule has 0 aliphatic carbocycles. The van der Waals surface area contributed by atoms with Crippen molar-refractivity contribution in [3.63, 3.8) is 0 Å². The molecule has 1 rings (SSSR count). The van der Waals surface area contributed by atoms with Crippen molar-refractivity contribution in [2.45, 2.75) is 19.1 Å². The Morgan fingerprint density at radius 3 is 2.35 bits per heavy atom. The Bertz CT molecular complexity index is 621. The van der Waals surface area contributed by atoms with Crippen LogP contribution in [0.15, 0.2) is 23.1 Å². The van der Waals surface area contributed by atoms with E-state index in [1.807, 2.05) is 0 Å². The number of sulfonamides is 1. The molecule has 5 nitrogen and oxygen atoms in total. The SMILES string of the molecule is CN(C)S(=O)(=O)CCCn1cc(C(F)(F)F)ccc1=O. The number of hydrogen-bond acceptors (Lipinski definition) is 3. The van der Waals surface area contributed by atoms with Gasteiger partial charge in [0.15, 0.2) is 0 Å². The minimum Gasteiger partial charge on any atom is -0.315 e. The van der Waals surface area contributed by atoms with Crippen LogP contribution in [0.2, 0.25) is 0 Å². The van der Waals surface area contributed by atoms with Gasteiger partial charge in [-0.1, -0.05) is 0 Å². The van der Waals surface area contributed by atoms with Crippen LogP contribution < -0.4 is 5.56 Å². The standard InChI is InChI=1S/C11H15F3N2O3S/c1-15(2)20(18,19)7-3-6-16-8-9(11(12,13)14)4-5-10(16)17/h4-5,8H,3,6-7H2,1-2H3. The highest BCUT2D eigenvalue weighted by Gasteiger charge is 2.31. The zero-order valence-electron chi connectivity index (χ0n) is 11.0. The molecule has 114 valence electrons. The predicted octanol–water partition coefficient (Wildman–Crippen LogP) is 1.15. The largest absolute Gasteiger partial charge is 0.417 e. The van der Waals surface area contributed by atoms with Gasteiger partial charge in [0.2, 0.25) is 10.0 Å². The Morgan fingerprint density at radius 2 is 1.85 bits per heavy atom. The highest BCUT2D eigenvalue weighted by Crippen LogP contribution is 2.28. The maximum atomic E-state index is 12.5. The third-order valence-electron chi connectivity index (χ3n) is 2.67. The summed E-state index contributed by atoms with van der Waals surface area (Å²) < 4.78 is 62.4. The molecule has 0 aliphatic rings. The molecule has 0 saturated heterocycles. The Balaban J connectivity index is 2.82. The van der Waals surface area contributed by atoms with E-state index in [0.717, 1.165) is 14.9 Å². The summed E-state index contributed by atoms with van der Waals surface area (Å²) in [6, 6.07) is 1.53. The van der Waals surface area contributed by atoms with Crippen molar-refractivity contribution in [1.82, 2.24) is 8.87 Å². The fourth-order valence-electron chi connectivity index (χ4n) is 1.47. The van der Waals surface area contributed by atoms with Gasteiger partial charge in [-0.05, 0) is 12.5 Å². The summed E-state index contributed by atoms with van der Waals surface area (Å²) in [5.74, 6) is -0.233. The predicted molar refractivity (Wildman–Crippen MR) is 67.8 cm³/mol. The fourth-order valence-corrected chi connectivity index (χ4v) is 2.33. The van der Waals surface area contributed by atoms with Gasteiger partial charge in [-0.3, -0.25) is 4.79 Å². The summed E-state index contributed by atoms with van der Waals surface area (Å²) in [7, 11) is -0.690. The van der Waals surface area contributed by atoms with Crippen molar-refractivity contribution in [3.8, 4) is 0 Å². The molecular weight excluding hydrogens is 297 g/mol. The second-order valence-electron chi connectivity index (χ2n) is 4.40. The highest BCUT2D eigenvalue weighted by molar-refractivity contribution is 7.89. The number of halogens is 3. The molecule has 1 aromatic heterocycles. The van der Waals surface area contributed by atoms with Crippen LogP contribution in [-0.4, -0.2) is 37.1 Å². The monoisotopic (exact) mass is 312 g/mol. The second-order valence-corrected chi connectivity index (χ2v) is 6.70. The van der Waals surface area contributed by atoms with E-state index in [4.69, 9.17) is 0 Å². The molecule has 0 spiro atoms. The van der Waals surface area contributed by atoms with Crippen LogP contribution in [0.1, 0.15) is 12.0 Å². The Hall–Kier alpha value is -1.35. The molecule has 0 amide bonds. The molecule has 0 unspecified atom stereocenters. The number of pyridine rings is 1. The lowest BCUT2D eigenvalue weighted by Gasteiger charge is -2.13. The molecule has 20 heavy (non-hydrogen) atoms. The molecule has 0 N–H and O–H groups in total. The summed E-state index contributed by atoms with van der Waals surface area (Å²) in [6.07, 6.45) is -3.78. The number of aromatic nitrogens is 1. The van der Waals surface area contributed by atoms with Gasteiger partial charge >= 0.3 is 6.18 Å². The first-order valence-corrected chi connectivity index (χ1v) is 7.33. The molecule has 0 saturated carbocycles. The van der Waals surface area contributed by atoms with Crippen LogP contribution in [-0.2, 0) is 22.7 Å². The van der Waals surface area contributed by atoms with Gasteiger partial charge in [0.25, 0.3) is 5.56 Å². The summed E-state index contributed by atoms with van der Waals surface area (Å²) in [5, 5.41) is 0. The lowest BCUT2D eigenvalue weighted by Crippen LogP contribution is -2.27. The lowest BCUT2D eigenvalue weighted by atomic mass is 10.2. The van der Waals surface area contributed by atoms with Crippen LogP contribution in [0.3, 0.4) is 0 Å². The molecule has 9 heteroatoms. The number of nitrogens with zero attached hydrogens (tertiary/aromatic N) is 2. The van der Waals surface area contributed by atoms with Crippen molar-refractivity contribution in [3.05, 3.63) is 34.2 Å². The summed E-state index contributed by atoms with van der Waals surface area (Å²) in [5.41, 5.74) is -1.53. The van der Waals surface area contributed by atoms with Crippen LogP contribution in [0.25, 0.3) is 0 Å². The van der Waals surface area contributed by atoms with E-state index in [0.29, 0.717) is 12.3 Å². The third kappa shape index (κ3) is 4.34. The highest BCUT2D eigenvalue weighted by atomic mass is 32.2. The first-order valence-electron chi connectivity index (χ1n) is 5.72. The average molecular weight is 312 g/mol. The molecular formula is C11H15F3N2O3S. The van der Waals surface area contributed by atoms with E-state index in [9.17, 15) is 26.4 Å².